The summed E-state index contributed by atoms with van der Waals surface area (Å²) in [6.07, 6.45) is 1.01. The number of benzene rings is 2. The fraction of sp³-hybridized carbons (Fsp3) is 0.190. The number of aromatic nitrogens is 2. The summed E-state index contributed by atoms with van der Waals surface area (Å²) in [5.41, 5.74) is 1.65. The largest absolute Gasteiger partial charge is 0.453 e. The lowest BCUT2D eigenvalue weighted by Crippen LogP contribution is -2.25. The molecular formula is C21H20F2N4O3. The minimum atomic E-state index is -0.804. The van der Waals surface area contributed by atoms with Crippen molar-refractivity contribution in [3.05, 3.63) is 71.4 Å². The summed E-state index contributed by atoms with van der Waals surface area (Å²) >= 11 is 0. The number of nitrogens with one attached hydrogen (secondary N) is 1. The molecule has 9 heteroatoms. The molecule has 7 nitrogen and oxygen atoms in total. The smallest absolute Gasteiger partial charge is 0.409 e. The second-order valence-corrected chi connectivity index (χ2v) is 6.67. The van der Waals surface area contributed by atoms with Crippen molar-refractivity contribution in [2.75, 3.05) is 19.5 Å². The van der Waals surface area contributed by atoms with Crippen LogP contribution in [0.1, 0.15) is 15.9 Å². The number of carbonyl (C=O) groups is 2. The van der Waals surface area contributed by atoms with E-state index in [0.29, 0.717) is 12.2 Å². The van der Waals surface area contributed by atoms with E-state index >= 15 is 0 Å². The van der Waals surface area contributed by atoms with Crippen molar-refractivity contribution in [3.8, 4) is 11.3 Å². The molecule has 2 amide bonds. The van der Waals surface area contributed by atoms with Crippen LogP contribution in [-0.2, 0) is 18.3 Å². The number of ether oxygens (including phenoxy) is 1. The molecular weight excluding hydrogens is 394 g/mol. The fourth-order valence-electron chi connectivity index (χ4n) is 2.92. The van der Waals surface area contributed by atoms with Crippen LogP contribution in [0.25, 0.3) is 11.3 Å². The van der Waals surface area contributed by atoms with Gasteiger partial charge in [-0.15, -0.1) is 0 Å². The van der Waals surface area contributed by atoms with E-state index in [1.165, 1.54) is 29.0 Å². The molecule has 0 atom stereocenters. The Morgan fingerprint density at radius 2 is 1.87 bits per heavy atom. The van der Waals surface area contributed by atoms with E-state index in [2.05, 4.69) is 15.2 Å². The number of methoxy groups -OCH3 is 1. The normalized spacial score (nSPS) is 10.6. The fourth-order valence-corrected chi connectivity index (χ4v) is 2.92. The summed E-state index contributed by atoms with van der Waals surface area (Å²) in [5.74, 6) is -2.00. The topological polar surface area (TPSA) is 76.5 Å². The molecule has 0 aliphatic carbocycles. The Bertz CT molecular complexity index is 1080. The van der Waals surface area contributed by atoms with Gasteiger partial charge in [0.2, 0.25) is 0 Å². The third-order valence-corrected chi connectivity index (χ3v) is 4.38. The first kappa shape index (κ1) is 21.0. The predicted molar refractivity (Wildman–Crippen MR) is 107 cm³/mol. The van der Waals surface area contributed by atoms with E-state index in [0.717, 1.165) is 17.7 Å². The number of halogens is 2. The first-order chi connectivity index (χ1) is 14.3. The van der Waals surface area contributed by atoms with Crippen molar-refractivity contribution in [1.29, 1.82) is 0 Å². The number of hydrogen-bond donors (Lipinski definition) is 1. The SMILES string of the molecule is COC(=O)N(C)Cc1ccc(NC(=O)c2cn(C)nc2-c2ccc(F)cc2F)cc1. The van der Waals surface area contributed by atoms with Gasteiger partial charge in [0.25, 0.3) is 5.91 Å². The van der Waals surface area contributed by atoms with Crippen molar-refractivity contribution < 1.29 is 23.1 Å². The highest BCUT2D eigenvalue weighted by atomic mass is 19.1. The van der Waals surface area contributed by atoms with E-state index in [1.54, 1.807) is 38.4 Å². The number of hydrogen-bond acceptors (Lipinski definition) is 4. The highest BCUT2D eigenvalue weighted by Crippen LogP contribution is 2.26. The quantitative estimate of drug-likeness (QED) is 0.689. The number of aryl methyl sites for hydroxylation is 1. The molecule has 0 saturated heterocycles. The van der Waals surface area contributed by atoms with Gasteiger partial charge in [-0.25, -0.2) is 13.6 Å². The lowest BCUT2D eigenvalue weighted by molar-refractivity contribution is 0.102. The Hall–Kier alpha value is -3.75. The van der Waals surface area contributed by atoms with Crippen molar-refractivity contribution >= 4 is 17.7 Å². The molecule has 1 aromatic heterocycles. The van der Waals surface area contributed by atoms with Gasteiger partial charge in [0.1, 0.15) is 17.3 Å². The van der Waals surface area contributed by atoms with Crippen LogP contribution in [-0.4, -0.2) is 40.8 Å². The predicted octanol–water partition coefficient (Wildman–Crippen LogP) is 3.82. The number of carbonyl (C=O) groups excluding carboxylic acids is 2. The highest BCUT2D eigenvalue weighted by molar-refractivity contribution is 6.08. The Balaban J connectivity index is 1.78. The van der Waals surface area contributed by atoms with Crippen LogP contribution in [0.4, 0.5) is 19.3 Å². The lowest BCUT2D eigenvalue weighted by atomic mass is 10.1. The molecule has 0 fully saturated rings. The first-order valence-corrected chi connectivity index (χ1v) is 8.97. The minimum absolute atomic E-state index is 0.0309. The van der Waals surface area contributed by atoms with Gasteiger partial charge in [-0.1, -0.05) is 12.1 Å². The standard InChI is InChI=1S/C21H20F2N4O3/c1-26(21(29)30-3)11-13-4-7-15(8-5-13)24-20(28)17-12-27(2)25-19(17)16-9-6-14(22)10-18(16)23/h4-10,12H,11H2,1-3H3,(H,24,28). The summed E-state index contributed by atoms with van der Waals surface area (Å²) in [4.78, 5) is 25.6. The Labute approximate surface area is 171 Å². The zero-order valence-electron chi connectivity index (χ0n) is 16.6. The summed E-state index contributed by atoms with van der Waals surface area (Å²) < 4.78 is 33.4. The van der Waals surface area contributed by atoms with Gasteiger partial charge in [-0.3, -0.25) is 9.48 Å². The van der Waals surface area contributed by atoms with Gasteiger partial charge in [0, 0.05) is 44.2 Å². The molecule has 30 heavy (non-hydrogen) atoms. The van der Waals surface area contributed by atoms with Gasteiger partial charge < -0.3 is 15.0 Å². The average Bonchev–Trinajstić information content (AvgIpc) is 3.10. The molecule has 0 spiro atoms. The average molecular weight is 414 g/mol. The summed E-state index contributed by atoms with van der Waals surface area (Å²) in [5, 5.41) is 6.88. The van der Waals surface area contributed by atoms with Crippen molar-refractivity contribution in [2.45, 2.75) is 6.54 Å². The lowest BCUT2D eigenvalue weighted by Gasteiger charge is -2.15. The molecule has 0 aliphatic rings. The van der Waals surface area contributed by atoms with Crippen molar-refractivity contribution in [3.63, 3.8) is 0 Å². The first-order valence-electron chi connectivity index (χ1n) is 8.97. The molecule has 0 aliphatic heterocycles. The molecule has 0 saturated carbocycles. The molecule has 156 valence electrons. The zero-order chi connectivity index (χ0) is 21.8. The number of anilines is 1. The minimum Gasteiger partial charge on any atom is -0.453 e. The maximum absolute atomic E-state index is 14.2. The third kappa shape index (κ3) is 4.62. The van der Waals surface area contributed by atoms with Crippen molar-refractivity contribution in [1.82, 2.24) is 14.7 Å². The van der Waals surface area contributed by atoms with E-state index in [4.69, 9.17) is 0 Å². The van der Waals surface area contributed by atoms with Crippen LogP contribution in [0.15, 0.2) is 48.7 Å². The van der Waals surface area contributed by atoms with Crippen LogP contribution in [0.3, 0.4) is 0 Å². The van der Waals surface area contributed by atoms with Crippen LogP contribution >= 0.6 is 0 Å². The Kier molecular flexibility index (Phi) is 6.10. The monoisotopic (exact) mass is 414 g/mol. The van der Waals surface area contributed by atoms with Gasteiger partial charge >= 0.3 is 6.09 Å². The van der Waals surface area contributed by atoms with Crippen molar-refractivity contribution in [2.24, 2.45) is 7.05 Å². The Morgan fingerprint density at radius 1 is 1.17 bits per heavy atom. The number of amides is 2. The summed E-state index contributed by atoms with van der Waals surface area (Å²) in [6, 6.07) is 10.0. The molecule has 0 radical (unpaired) electrons. The molecule has 1 heterocycles. The van der Waals surface area contributed by atoms with E-state index in [-0.39, 0.29) is 16.8 Å². The molecule has 1 N–H and O–H groups in total. The van der Waals surface area contributed by atoms with Crippen LogP contribution in [0, 0.1) is 11.6 Å². The van der Waals surface area contributed by atoms with E-state index in [1.807, 2.05) is 0 Å². The molecule has 0 bridgehead atoms. The third-order valence-electron chi connectivity index (χ3n) is 4.38. The second-order valence-electron chi connectivity index (χ2n) is 6.67. The maximum atomic E-state index is 14.2. The van der Waals surface area contributed by atoms with Gasteiger partial charge in [0.05, 0.1) is 12.7 Å². The zero-order valence-corrected chi connectivity index (χ0v) is 16.6. The van der Waals surface area contributed by atoms with Crippen LogP contribution in [0.2, 0.25) is 0 Å². The van der Waals surface area contributed by atoms with Gasteiger partial charge in [-0.05, 0) is 29.8 Å². The van der Waals surface area contributed by atoms with Gasteiger partial charge in [-0.2, -0.15) is 5.10 Å². The second kappa shape index (κ2) is 8.73. The summed E-state index contributed by atoms with van der Waals surface area (Å²) in [6.45, 7) is 0.345. The molecule has 3 rings (SSSR count). The Morgan fingerprint density at radius 3 is 2.50 bits per heavy atom. The number of nitrogens with zero attached hydrogens (tertiary/aromatic N) is 3. The number of rotatable bonds is 5. The van der Waals surface area contributed by atoms with E-state index in [9.17, 15) is 18.4 Å². The molecule has 3 aromatic rings. The van der Waals surface area contributed by atoms with E-state index < -0.39 is 23.6 Å². The van der Waals surface area contributed by atoms with Crippen LogP contribution in [0.5, 0.6) is 0 Å². The highest BCUT2D eigenvalue weighted by Gasteiger charge is 2.20. The van der Waals surface area contributed by atoms with Crippen LogP contribution < -0.4 is 5.32 Å². The van der Waals surface area contributed by atoms with Gasteiger partial charge in [0.15, 0.2) is 0 Å². The molecule has 2 aromatic carbocycles. The maximum Gasteiger partial charge on any atom is 0.409 e. The molecule has 0 unspecified atom stereocenters. The summed E-state index contributed by atoms with van der Waals surface area (Å²) in [7, 11) is 4.52.